The Labute approximate surface area is 184 Å². The van der Waals surface area contributed by atoms with Gasteiger partial charge in [-0.3, -0.25) is 0 Å². The van der Waals surface area contributed by atoms with Crippen LogP contribution in [0.4, 0.5) is 13.2 Å². The third-order valence-corrected chi connectivity index (χ3v) is 5.94. The summed E-state index contributed by atoms with van der Waals surface area (Å²) in [6, 6.07) is 3.50. The second kappa shape index (κ2) is 11.9. The molecule has 0 spiro atoms. The molecule has 6 heteroatoms. The Balaban J connectivity index is 1.75. The Bertz CT molecular complexity index is 800. The lowest BCUT2D eigenvalue weighted by Gasteiger charge is -2.27. The van der Waals surface area contributed by atoms with Crippen LogP contribution in [0.25, 0.3) is 0 Å². The van der Waals surface area contributed by atoms with E-state index in [1.165, 1.54) is 18.9 Å². The summed E-state index contributed by atoms with van der Waals surface area (Å²) in [6.45, 7) is 7.32. The van der Waals surface area contributed by atoms with Crippen LogP contribution in [0.15, 0.2) is 42.2 Å². The first-order valence-corrected chi connectivity index (χ1v) is 10.8. The van der Waals surface area contributed by atoms with Crippen molar-refractivity contribution in [3.8, 4) is 12.3 Å². The van der Waals surface area contributed by atoms with Gasteiger partial charge in [0.05, 0.1) is 11.7 Å². The second-order valence-corrected chi connectivity index (χ2v) is 8.12. The predicted octanol–water partition coefficient (Wildman–Crippen LogP) is 5.42. The molecule has 0 radical (unpaired) electrons. The van der Waals surface area contributed by atoms with Crippen LogP contribution in [0.3, 0.4) is 0 Å². The number of nitrogens with one attached hydrogen (secondary N) is 2. The van der Waals surface area contributed by atoms with Gasteiger partial charge in [0.1, 0.15) is 0 Å². The molecule has 1 aromatic rings. The van der Waals surface area contributed by atoms with Gasteiger partial charge in [-0.05, 0) is 80.7 Å². The van der Waals surface area contributed by atoms with E-state index >= 15 is 0 Å². The molecule has 2 N–H and O–H groups in total. The molecular weight excluding hydrogens is 401 g/mol. The molecule has 0 unspecified atom stereocenters. The number of alkyl halides is 3. The molecule has 170 valence electrons. The topological polar surface area (TPSA) is 33.3 Å². The molecule has 2 rings (SSSR count). The van der Waals surface area contributed by atoms with Crippen LogP contribution in [0.5, 0.6) is 0 Å². The van der Waals surface area contributed by atoms with Gasteiger partial charge in [-0.2, -0.15) is 13.2 Å². The van der Waals surface area contributed by atoms with Crippen molar-refractivity contribution in [3.63, 3.8) is 0 Å². The quantitative estimate of drug-likeness (QED) is 0.293. The van der Waals surface area contributed by atoms with Crippen molar-refractivity contribution in [1.29, 1.82) is 0 Å². The third kappa shape index (κ3) is 7.99. The number of terminal acetylenes is 1. The predicted molar refractivity (Wildman–Crippen MR) is 119 cm³/mol. The van der Waals surface area contributed by atoms with E-state index in [2.05, 4.69) is 23.1 Å². The maximum absolute atomic E-state index is 13.0. The lowest BCUT2D eigenvalue weighted by molar-refractivity contribution is -0.137. The van der Waals surface area contributed by atoms with Gasteiger partial charge in [-0.15, -0.1) is 6.42 Å². The highest BCUT2D eigenvalue weighted by atomic mass is 19.4. The van der Waals surface area contributed by atoms with E-state index in [0.29, 0.717) is 30.2 Å². The minimum Gasteiger partial charge on any atom is -0.391 e. The van der Waals surface area contributed by atoms with E-state index in [-0.39, 0.29) is 0 Å². The van der Waals surface area contributed by atoms with Gasteiger partial charge in [0, 0.05) is 37.7 Å². The second-order valence-electron chi connectivity index (χ2n) is 8.12. The molecule has 0 atom stereocenters. The number of benzene rings is 1. The number of hydrogen-bond acceptors (Lipinski definition) is 3. The summed E-state index contributed by atoms with van der Waals surface area (Å²) >= 11 is 0. The molecule has 1 saturated carbocycles. The fourth-order valence-corrected chi connectivity index (χ4v) is 3.86. The van der Waals surface area contributed by atoms with Gasteiger partial charge in [0.25, 0.3) is 0 Å². The lowest BCUT2D eigenvalue weighted by Crippen LogP contribution is -2.23. The summed E-state index contributed by atoms with van der Waals surface area (Å²) in [5.74, 6) is 3.20. The first-order chi connectivity index (χ1) is 14.7. The van der Waals surface area contributed by atoms with Crippen LogP contribution in [0.1, 0.15) is 55.7 Å². The van der Waals surface area contributed by atoms with Crippen molar-refractivity contribution in [2.75, 3.05) is 20.2 Å². The molecule has 0 bridgehead atoms. The number of methoxy groups -OCH3 is 1. The molecule has 31 heavy (non-hydrogen) atoms. The van der Waals surface area contributed by atoms with Crippen LogP contribution in [0, 0.1) is 18.3 Å². The first kappa shape index (κ1) is 24.9. The molecule has 0 aromatic heterocycles. The van der Waals surface area contributed by atoms with E-state index < -0.39 is 11.7 Å². The summed E-state index contributed by atoms with van der Waals surface area (Å²) in [4.78, 5) is 0. The van der Waals surface area contributed by atoms with Crippen LogP contribution in [0.2, 0.25) is 0 Å². The fraction of sp³-hybridized carbons (Fsp3) is 0.520. The Morgan fingerprint density at radius 2 is 1.97 bits per heavy atom. The smallest absolute Gasteiger partial charge is 0.391 e. The molecule has 1 aliphatic rings. The normalized spacial score (nSPS) is 19.5. The maximum Gasteiger partial charge on any atom is 0.416 e. The zero-order chi connectivity index (χ0) is 22.9. The van der Waals surface area contributed by atoms with Crippen molar-refractivity contribution in [2.45, 2.75) is 57.7 Å². The van der Waals surface area contributed by atoms with Crippen molar-refractivity contribution in [3.05, 3.63) is 58.9 Å². The monoisotopic (exact) mass is 434 g/mol. The number of ether oxygens (including phenoxy) is 1. The zero-order valence-electron chi connectivity index (χ0n) is 18.4. The highest BCUT2D eigenvalue weighted by Gasteiger charge is 2.30. The summed E-state index contributed by atoms with van der Waals surface area (Å²) in [7, 11) is 1.79. The Morgan fingerprint density at radius 3 is 2.58 bits per heavy atom. The molecule has 3 nitrogen and oxygen atoms in total. The average Bonchev–Trinajstić information content (AvgIpc) is 2.76. The number of hydrogen-bond donors (Lipinski definition) is 2. The van der Waals surface area contributed by atoms with Gasteiger partial charge in [0.15, 0.2) is 0 Å². The van der Waals surface area contributed by atoms with E-state index in [0.717, 1.165) is 55.1 Å². The van der Waals surface area contributed by atoms with Gasteiger partial charge in [-0.25, -0.2) is 0 Å². The number of allylic oxidation sites excluding steroid dienone is 1. The molecule has 0 saturated heterocycles. The van der Waals surface area contributed by atoms with Crippen LogP contribution in [-0.4, -0.2) is 26.3 Å². The van der Waals surface area contributed by atoms with Crippen molar-refractivity contribution in [2.24, 2.45) is 5.92 Å². The lowest BCUT2D eigenvalue weighted by atomic mass is 9.85. The summed E-state index contributed by atoms with van der Waals surface area (Å²) in [5.41, 5.74) is 2.00. The standard InChI is InChI=1S/C25H33F3N2O/c1-5-21-8-9-23(25(26,27)28)16-22(21)13-15-30-19(3)18(2)17-29-14-12-20-6-10-24(31-4)11-7-20/h1,8-9,16-17,20,24,29-30H,3,6-7,10-15H2,2,4H3/b18-17-. The summed E-state index contributed by atoms with van der Waals surface area (Å²) < 4.78 is 44.3. The summed E-state index contributed by atoms with van der Waals surface area (Å²) in [6.07, 6.45) is 9.64. The fourth-order valence-electron chi connectivity index (χ4n) is 3.86. The SMILES string of the molecule is C#Cc1ccc(C(F)(F)F)cc1CCNC(=C)/C(C)=C\NCCC1CCC(OC)CC1. The van der Waals surface area contributed by atoms with Crippen LogP contribution >= 0.6 is 0 Å². The highest BCUT2D eigenvalue weighted by Crippen LogP contribution is 2.30. The van der Waals surface area contributed by atoms with Crippen molar-refractivity contribution in [1.82, 2.24) is 10.6 Å². The van der Waals surface area contributed by atoms with Gasteiger partial charge >= 0.3 is 6.18 Å². The zero-order valence-corrected chi connectivity index (χ0v) is 18.4. The van der Waals surface area contributed by atoms with E-state index in [9.17, 15) is 13.2 Å². The average molecular weight is 435 g/mol. The van der Waals surface area contributed by atoms with Crippen LogP contribution in [-0.2, 0) is 17.3 Å². The van der Waals surface area contributed by atoms with Gasteiger partial charge in [-0.1, -0.05) is 12.5 Å². The first-order valence-electron chi connectivity index (χ1n) is 10.8. The molecule has 0 aliphatic heterocycles. The largest absolute Gasteiger partial charge is 0.416 e. The molecular formula is C25H33F3N2O. The third-order valence-electron chi connectivity index (χ3n) is 5.94. The minimum atomic E-state index is -4.38. The van der Waals surface area contributed by atoms with E-state index in [1.54, 1.807) is 7.11 Å². The number of halogens is 3. The Kier molecular flexibility index (Phi) is 9.51. The Morgan fingerprint density at radius 1 is 1.26 bits per heavy atom. The molecule has 1 aliphatic carbocycles. The molecule has 0 amide bonds. The van der Waals surface area contributed by atoms with Crippen molar-refractivity contribution >= 4 is 0 Å². The van der Waals surface area contributed by atoms with Crippen LogP contribution < -0.4 is 10.6 Å². The van der Waals surface area contributed by atoms with E-state index in [1.807, 2.05) is 13.1 Å². The highest BCUT2D eigenvalue weighted by molar-refractivity contribution is 5.43. The maximum atomic E-state index is 13.0. The molecule has 1 aromatic carbocycles. The van der Waals surface area contributed by atoms with Gasteiger partial charge in [0.2, 0.25) is 0 Å². The van der Waals surface area contributed by atoms with Crippen molar-refractivity contribution < 1.29 is 17.9 Å². The molecule has 0 heterocycles. The van der Waals surface area contributed by atoms with E-state index in [4.69, 9.17) is 11.2 Å². The minimum absolute atomic E-state index is 0.382. The summed E-state index contributed by atoms with van der Waals surface area (Å²) in [5, 5.41) is 6.52. The molecule has 1 fully saturated rings. The Hall–Kier alpha value is -2.39. The van der Waals surface area contributed by atoms with Gasteiger partial charge < -0.3 is 15.4 Å². The number of rotatable bonds is 10.